The SMILES string of the molecule is Cc1cn([C@H]2C[C@H](O)[C@@H](COc3no[n+]([O-])c3S(=O)(=O)c3ccccc3)O2)c(=O)[nH]c1=O. The summed E-state index contributed by atoms with van der Waals surface area (Å²) in [6.45, 7) is 1.12. The van der Waals surface area contributed by atoms with Crippen molar-refractivity contribution < 1.29 is 32.5 Å². The Labute approximate surface area is 179 Å². The minimum atomic E-state index is -4.30. The second kappa shape index (κ2) is 8.22. The van der Waals surface area contributed by atoms with E-state index in [9.17, 15) is 28.3 Å². The van der Waals surface area contributed by atoms with E-state index in [0.29, 0.717) is 0 Å². The van der Waals surface area contributed by atoms with Crippen LogP contribution in [0.4, 0.5) is 0 Å². The zero-order chi connectivity index (χ0) is 23.0. The molecule has 2 N–H and O–H groups in total. The molecule has 0 spiro atoms. The lowest BCUT2D eigenvalue weighted by molar-refractivity contribution is -0.832. The number of benzene rings is 1. The fourth-order valence-electron chi connectivity index (χ4n) is 3.24. The molecule has 0 amide bonds. The predicted molar refractivity (Wildman–Crippen MR) is 103 cm³/mol. The number of nitrogens with one attached hydrogen (secondary N) is 1. The summed E-state index contributed by atoms with van der Waals surface area (Å²) in [6, 6.07) is 7.17. The van der Waals surface area contributed by atoms with Gasteiger partial charge in [0.1, 0.15) is 18.9 Å². The average Bonchev–Trinajstić information content (AvgIpc) is 3.32. The molecule has 1 fully saturated rings. The molecule has 2 aromatic heterocycles. The highest BCUT2D eigenvalue weighted by Crippen LogP contribution is 2.29. The fourth-order valence-corrected chi connectivity index (χ4v) is 4.53. The number of aliphatic hydroxyl groups is 1. The molecule has 0 radical (unpaired) electrons. The minimum Gasteiger partial charge on any atom is -0.452 e. The predicted octanol–water partition coefficient (Wildman–Crippen LogP) is -0.973. The highest BCUT2D eigenvalue weighted by Gasteiger charge is 2.39. The molecule has 3 heterocycles. The van der Waals surface area contributed by atoms with E-state index in [1.165, 1.54) is 37.4 Å². The van der Waals surface area contributed by atoms with Crippen LogP contribution in [0.5, 0.6) is 5.88 Å². The molecule has 13 nitrogen and oxygen atoms in total. The zero-order valence-corrected chi connectivity index (χ0v) is 17.4. The average molecular weight is 466 g/mol. The summed E-state index contributed by atoms with van der Waals surface area (Å²) in [4.78, 5) is 25.3. The van der Waals surface area contributed by atoms with Crippen molar-refractivity contribution in [2.24, 2.45) is 0 Å². The molecule has 0 bridgehead atoms. The van der Waals surface area contributed by atoms with Crippen LogP contribution in [0.2, 0.25) is 0 Å². The highest BCUT2D eigenvalue weighted by molar-refractivity contribution is 7.91. The Morgan fingerprint density at radius 2 is 2.06 bits per heavy atom. The lowest BCUT2D eigenvalue weighted by Crippen LogP contribution is -2.34. The van der Waals surface area contributed by atoms with Crippen molar-refractivity contribution in [3.8, 4) is 5.88 Å². The molecular formula is C18H18N4O9S. The Morgan fingerprint density at radius 1 is 1.34 bits per heavy atom. The maximum absolute atomic E-state index is 12.8. The van der Waals surface area contributed by atoms with Crippen LogP contribution in [-0.2, 0) is 14.6 Å². The molecule has 170 valence electrons. The summed E-state index contributed by atoms with van der Waals surface area (Å²) in [6.07, 6.45) is -1.64. The normalized spacial score (nSPS) is 21.0. The van der Waals surface area contributed by atoms with Gasteiger partial charge in [0.2, 0.25) is 0 Å². The monoisotopic (exact) mass is 466 g/mol. The standard InChI is InChI=1S/C18H18N4O9S/c1-10-8-21(18(25)19-15(10)24)14-7-12(23)13(30-14)9-29-16-17(22(26)31-20-16)32(27,28)11-5-3-2-4-6-11/h2-6,8,12-14,23H,7,9H2,1H3,(H,19,24,25)/t12-,13+,14+/m0/s1. The summed E-state index contributed by atoms with van der Waals surface area (Å²) in [5, 5.41) is 24.7. The van der Waals surface area contributed by atoms with E-state index >= 15 is 0 Å². The van der Waals surface area contributed by atoms with Gasteiger partial charge in [-0.25, -0.2) is 13.2 Å². The molecule has 0 saturated carbocycles. The summed E-state index contributed by atoms with van der Waals surface area (Å²) in [5.74, 6) is -0.597. The molecule has 1 aromatic carbocycles. The van der Waals surface area contributed by atoms with Crippen molar-refractivity contribution in [1.29, 1.82) is 0 Å². The zero-order valence-electron chi connectivity index (χ0n) is 16.6. The molecule has 4 rings (SSSR count). The second-order valence-corrected chi connectivity index (χ2v) is 8.94. The number of aromatic amines is 1. The second-order valence-electron chi connectivity index (χ2n) is 7.08. The van der Waals surface area contributed by atoms with Gasteiger partial charge in [-0.2, -0.15) is 0 Å². The maximum atomic E-state index is 12.8. The first kappa shape index (κ1) is 21.7. The van der Waals surface area contributed by atoms with Gasteiger partial charge in [0.05, 0.1) is 16.2 Å². The van der Waals surface area contributed by atoms with Crippen LogP contribution in [0.25, 0.3) is 0 Å². The first-order chi connectivity index (χ1) is 15.2. The summed E-state index contributed by atoms with van der Waals surface area (Å²) in [5.41, 5.74) is -0.964. The molecule has 1 aliphatic rings. The van der Waals surface area contributed by atoms with Crippen LogP contribution in [-0.4, -0.2) is 47.0 Å². The van der Waals surface area contributed by atoms with Crippen LogP contribution in [0, 0.1) is 12.1 Å². The van der Waals surface area contributed by atoms with Gasteiger partial charge in [-0.05, 0) is 24.0 Å². The lowest BCUT2D eigenvalue weighted by Gasteiger charge is -2.15. The van der Waals surface area contributed by atoms with Gasteiger partial charge in [0.25, 0.3) is 15.4 Å². The van der Waals surface area contributed by atoms with Gasteiger partial charge in [-0.3, -0.25) is 19.0 Å². The number of aryl methyl sites for hydroxylation is 1. The van der Waals surface area contributed by atoms with Gasteiger partial charge < -0.3 is 19.8 Å². The van der Waals surface area contributed by atoms with E-state index in [-0.39, 0.29) is 21.8 Å². The van der Waals surface area contributed by atoms with E-state index in [0.717, 1.165) is 4.57 Å². The third-order valence-corrected chi connectivity index (χ3v) is 6.62. The molecule has 14 heteroatoms. The van der Waals surface area contributed by atoms with Crippen LogP contribution in [0.1, 0.15) is 18.2 Å². The van der Waals surface area contributed by atoms with E-state index in [4.69, 9.17) is 9.47 Å². The van der Waals surface area contributed by atoms with Crippen LogP contribution in [0.3, 0.4) is 0 Å². The minimum absolute atomic E-state index is 0.00889. The molecule has 3 atom stereocenters. The quantitative estimate of drug-likeness (QED) is 0.429. The molecular weight excluding hydrogens is 448 g/mol. The first-order valence-corrected chi connectivity index (χ1v) is 10.8. The van der Waals surface area contributed by atoms with Crippen molar-refractivity contribution in [3.05, 3.63) is 68.1 Å². The lowest BCUT2D eigenvalue weighted by atomic mass is 10.2. The number of H-pyrrole nitrogens is 1. The number of nitrogens with zero attached hydrogens (tertiary/aromatic N) is 3. The van der Waals surface area contributed by atoms with Crippen molar-refractivity contribution in [2.45, 2.75) is 41.7 Å². The largest absolute Gasteiger partial charge is 0.452 e. The maximum Gasteiger partial charge on any atom is 0.415 e. The first-order valence-electron chi connectivity index (χ1n) is 9.36. The smallest absolute Gasteiger partial charge is 0.415 e. The third-order valence-electron chi connectivity index (χ3n) is 4.90. The summed E-state index contributed by atoms with van der Waals surface area (Å²) in [7, 11) is -4.30. The highest BCUT2D eigenvalue weighted by atomic mass is 32.2. The van der Waals surface area contributed by atoms with E-state index < -0.39 is 57.0 Å². The molecule has 1 saturated heterocycles. The molecule has 3 aromatic rings. The van der Waals surface area contributed by atoms with Crippen molar-refractivity contribution in [3.63, 3.8) is 0 Å². The molecule has 1 aliphatic heterocycles. The van der Waals surface area contributed by atoms with Gasteiger partial charge in [0, 0.05) is 18.2 Å². The molecule has 0 aliphatic carbocycles. The van der Waals surface area contributed by atoms with Crippen molar-refractivity contribution in [2.75, 3.05) is 6.61 Å². The number of hydrogen-bond acceptors (Lipinski definition) is 10. The number of sulfone groups is 1. The van der Waals surface area contributed by atoms with Gasteiger partial charge in [-0.1, -0.05) is 18.2 Å². The topological polar surface area (TPSA) is 181 Å². The Kier molecular flexibility index (Phi) is 5.58. The van der Waals surface area contributed by atoms with E-state index in [1.807, 2.05) is 0 Å². The Bertz CT molecular complexity index is 1350. The number of rotatable bonds is 6. The summed E-state index contributed by atoms with van der Waals surface area (Å²) >= 11 is 0. The number of hydrogen-bond donors (Lipinski definition) is 2. The van der Waals surface area contributed by atoms with Crippen LogP contribution in [0.15, 0.2) is 60.7 Å². The van der Waals surface area contributed by atoms with Crippen LogP contribution < -0.4 is 20.9 Å². The van der Waals surface area contributed by atoms with Crippen molar-refractivity contribution >= 4 is 9.84 Å². The Morgan fingerprint density at radius 3 is 2.78 bits per heavy atom. The van der Waals surface area contributed by atoms with Crippen molar-refractivity contribution in [1.82, 2.24) is 14.7 Å². The van der Waals surface area contributed by atoms with Gasteiger partial charge in [0.15, 0.2) is 0 Å². The third kappa shape index (κ3) is 3.90. The molecule has 0 unspecified atom stereocenters. The fraction of sp³-hybridized carbons (Fsp3) is 0.333. The van der Waals surface area contributed by atoms with Crippen LogP contribution >= 0.6 is 0 Å². The Balaban J connectivity index is 1.53. The number of aromatic nitrogens is 4. The molecule has 32 heavy (non-hydrogen) atoms. The van der Waals surface area contributed by atoms with E-state index in [1.54, 1.807) is 6.07 Å². The number of aliphatic hydroxyl groups excluding tert-OH is 1. The number of ether oxygens (including phenoxy) is 2. The van der Waals surface area contributed by atoms with Gasteiger partial charge >= 0.3 is 16.6 Å². The Hall–Kier alpha value is -3.49. The van der Waals surface area contributed by atoms with Gasteiger partial charge in [-0.15, -0.1) is 0 Å². The summed E-state index contributed by atoms with van der Waals surface area (Å²) < 4.78 is 42.1. The van der Waals surface area contributed by atoms with E-state index in [2.05, 4.69) is 14.8 Å².